The van der Waals surface area contributed by atoms with Gasteiger partial charge in [-0.3, -0.25) is 4.57 Å². The summed E-state index contributed by atoms with van der Waals surface area (Å²) >= 11 is 0. The summed E-state index contributed by atoms with van der Waals surface area (Å²) in [7, 11) is 3.26. The lowest BCUT2D eigenvalue weighted by Crippen LogP contribution is -2.48. The summed E-state index contributed by atoms with van der Waals surface area (Å²) in [5.41, 5.74) is 5.24. The predicted molar refractivity (Wildman–Crippen MR) is 283 cm³/mol. The number of hydrogen-bond acceptors (Lipinski definition) is 12. The highest BCUT2D eigenvalue weighted by atomic mass is 19.1. The minimum atomic E-state index is -1.73. The van der Waals surface area contributed by atoms with Crippen molar-refractivity contribution in [3.63, 3.8) is 0 Å². The molecule has 1 aliphatic rings. The molecule has 2 aromatic heterocycles. The van der Waals surface area contributed by atoms with Gasteiger partial charge in [-0.15, -0.1) is 6.42 Å². The van der Waals surface area contributed by atoms with E-state index >= 15 is 4.39 Å². The van der Waals surface area contributed by atoms with E-state index in [-0.39, 0.29) is 23.4 Å². The zero-order valence-electron chi connectivity index (χ0n) is 42.4. The Morgan fingerprint density at radius 1 is 0.760 bits per heavy atom. The summed E-state index contributed by atoms with van der Waals surface area (Å²) in [5, 5.41) is 6.00. The largest absolute Gasteiger partial charge is 0.497 e. The third kappa shape index (κ3) is 11.8. The fraction of sp³-hybridized carbons (Fsp3) is 0.250. The molecule has 0 radical (unpaired) electrons. The van der Waals surface area contributed by atoms with E-state index < -0.39 is 66.5 Å². The molecule has 9 rings (SSSR count). The summed E-state index contributed by atoms with van der Waals surface area (Å²) in [4.78, 5) is 39.5. The number of nitrogens with zero attached hydrogens (tertiary/aromatic N) is 4. The summed E-state index contributed by atoms with van der Waals surface area (Å²) in [6.07, 6.45) is 3.58. The van der Waals surface area contributed by atoms with E-state index in [1.165, 1.54) is 13.3 Å². The number of imidazole rings is 1. The minimum absolute atomic E-state index is 0.0771. The van der Waals surface area contributed by atoms with Crippen LogP contribution in [0.1, 0.15) is 74.7 Å². The Morgan fingerprint density at radius 3 is 1.80 bits per heavy atom. The number of benzene rings is 6. The molecule has 0 bridgehead atoms. The van der Waals surface area contributed by atoms with Gasteiger partial charge in [0.15, 0.2) is 22.6 Å². The molecule has 1 amide bonds. The van der Waals surface area contributed by atoms with Gasteiger partial charge < -0.3 is 39.1 Å². The average molecular weight is 1010 g/mol. The molecule has 8 aromatic rings. The number of hydrogen-bond donors (Lipinski definition) is 2. The summed E-state index contributed by atoms with van der Waals surface area (Å²) < 4.78 is 53.5. The molecule has 1 aliphatic heterocycles. The number of rotatable bonds is 17. The fourth-order valence-corrected chi connectivity index (χ4v) is 8.99. The first-order valence-corrected chi connectivity index (χ1v) is 24.5. The molecule has 382 valence electrons. The number of terminal acetylenes is 1. The zero-order valence-corrected chi connectivity index (χ0v) is 42.4. The van der Waals surface area contributed by atoms with Crippen LogP contribution in [0.25, 0.3) is 33.4 Å². The molecule has 75 heavy (non-hydrogen) atoms. The van der Waals surface area contributed by atoms with Crippen LogP contribution in [0.15, 0.2) is 164 Å². The van der Waals surface area contributed by atoms with Crippen molar-refractivity contribution in [1.29, 1.82) is 0 Å². The molecule has 3 heterocycles. The zero-order chi connectivity index (χ0) is 52.7. The monoisotopic (exact) mass is 1010 g/mol. The molecule has 0 saturated carbocycles. The van der Waals surface area contributed by atoms with Crippen LogP contribution < -0.4 is 20.1 Å². The van der Waals surface area contributed by atoms with Crippen molar-refractivity contribution < 1.29 is 42.4 Å². The Morgan fingerprint density at radius 2 is 1.27 bits per heavy atom. The van der Waals surface area contributed by atoms with E-state index in [9.17, 15) is 9.59 Å². The van der Waals surface area contributed by atoms with Crippen LogP contribution in [0.2, 0.25) is 0 Å². The average Bonchev–Trinajstić information content (AvgIpc) is 4.02. The van der Waals surface area contributed by atoms with Crippen LogP contribution in [-0.4, -0.2) is 75.8 Å². The van der Waals surface area contributed by atoms with Gasteiger partial charge in [0.2, 0.25) is 0 Å². The number of esters is 1. The second kappa shape index (κ2) is 22.3. The van der Waals surface area contributed by atoms with Crippen molar-refractivity contribution in [2.24, 2.45) is 0 Å². The van der Waals surface area contributed by atoms with Gasteiger partial charge in [-0.2, -0.15) is 14.4 Å². The number of carbonyl (C=O) groups is 2. The highest BCUT2D eigenvalue weighted by Gasteiger charge is 2.52. The van der Waals surface area contributed by atoms with Gasteiger partial charge in [-0.1, -0.05) is 139 Å². The van der Waals surface area contributed by atoms with Crippen molar-refractivity contribution in [3.8, 4) is 46.1 Å². The van der Waals surface area contributed by atoms with Gasteiger partial charge in [0, 0.05) is 6.42 Å². The highest BCUT2D eigenvalue weighted by Crippen LogP contribution is 2.44. The van der Waals surface area contributed by atoms with Gasteiger partial charge in [-0.05, 0) is 96.5 Å². The van der Waals surface area contributed by atoms with Crippen molar-refractivity contribution in [1.82, 2.24) is 24.8 Å². The SMILES string of the molecule is C#C[C@]1(COC(=O)[C@H](C)NC(=O)OC(C)(C)C)O[C@@H](n2cnc3c(N[C@@H](c4ccccc4)c4ccc(-c5ccc(OC)cc5)cc4)nc(F)nc32)C[C@@H]1O[C@@H](c1ccccc1)c1ccc(-c2ccc(OC)cc2)cc1. The number of aromatic nitrogens is 4. The van der Waals surface area contributed by atoms with Crippen LogP contribution in [0, 0.1) is 18.4 Å². The molecule has 14 nitrogen and oxygen atoms in total. The van der Waals surface area contributed by atoms with Crippen LogP contribution in [-0.2, 0) is 23.7 Å². The van der Waals surface area contributed by atoms with Gasteiger partial charge in [0.25, 0.3) is 0 Å². The minimum Gasteiger partial charge on any atom is -0.497 e. The number of anilines is 1. The van der Waals surface area contributed by atoms with Gasteiger partial charge in [0.05, 0.1) is 26.6 Å². The maximum Gasteiger partial charge on any atom is 0.408 e. The smallest absolute Gasteiger partial charge is 0.408 e. The molecule has 0 aliphatic carbocycles. The second-order valence-electron chi connectivity index (χ2n) is 19.1. The van der Waals surface area contributed by atoms with Crippen molar-refractivity contribution in [3.05, 3.63) is 192 Å². The molecular formula is C60H57FN6O8. The molecule has 0 unspecified atom stereocenters. The first-order chi connectivity index (χ1) is 36.2. The van der Waals surface area contributed by atoms with Crippen molar-refractivity contribution in [2.45, 2.75) is 75.8 Å². The maximum absolute atomic E-state index is 16.0. The van der Waals surface area contributed by atoms with Crippen molar-refractivity contribution in [2.75, 3.05) is 26.1 Å². The Balaban J connectivity index is 1.05. The number of amides is 1. The second-order valence-corrected chi connectivity index (χ2v) is 19.1. The lowest BCUT2D eigenvalue weighted by molar-refractivity contribution is -0.162. The third-order valence-corrected chi connectivity index (χ3v) is 12.9. The topological polar surface area (TPSA) is 157 Å². The molecule has 1 saturated heterocycles. The van der Waals surface area contributed by atoms with E-state index in [4.69, 9.17) is 39.8 Å². The molecule has 6 aromatic carbocycles. The fourth-order valence-electron chi connectivity index (χ4n) is 8.99. The quantitative estimate of drug-likeness (QED) is 0.0506. The summed E-state index contributed by atoms with van der Waals surface area (Å²) in [5.74, 6) is 3.64. The number of alkyl carbamates (subject to hydrolysis) is 1. The number of fused-ring (bicyclic) bond motifs is 1. The predicted octanol–water partition coefficient (Wildman–Crippen LogP) is 11.4. The third-order valence-electron chi connectivity index (χ3n) is 12.9. The summed E-state index contributed by atoms with van der Waals surface area (Å²) in [6, 6.07) is 49.5. The normalized spacial score (nSPS) is 17.5. The number of halogens is 1. The molecule has 1 fully saturated rings. The van der Waals surface area contributed by atoms with E-state index in [1.807, 2.05) is 158 Å². The molecular weight excluding hydrogens is 952 g/mol. The number of nitrogens with one attached hydrogen (secondary N) is 2. The van der Waals surface area contributed by atoms with Crippen LogP contribution in [0.3, 0.4) is 0 Å². The first-order valence-electron chi connectivity index (χ1n) is 24.5. The molecule has 15 heteroatoms. The van der Waals surface area contributed by atoms with Gasteiger partial charge in [0.1, 0.15) is 48.2 Å². The van der Waals surface area contributed by atoms with Crippen molar-refractivity contribution >= 4 is 29.0 Å². The van der Waals surface area contributed by atoms with Crippen LogP contribution in [0.5, 0.6) is 11.5 Å². The lowest BCUT2D eigenvalue weighted by Gasteiger charge is -2.32. The Labute approximate surface area is 435 Å². The van der Waals surface area contributed by atoms with Crippen LogP contribution in [0.4, 0.5) is 15.0 Å². The van der Waals surface area contributed by atoms with E-state index in [1.54, 1.807) is 39.6 Å². The van der Waals surface area contributed by atoms with Gasteiger partial charge >= 0.3 is 18.1 Å². The molecule has 0 spiro atoms. The first kappa shape index (κ1) is 51.3. The molecule has 2 N–H and O–H groups in total. The Hall–Kier alpha value is -8.58. The Kier molecular flexibility index (Phi) is 15.2. The lowest BCUT2D eigenvalue weighted by atomic mass is 9.95. The summed E-state index contributed by atoms with van der Waals surface area (Å²) in [6.45, 7) is 6.13. The maximum atomic E-state index is 16.0. The number of methoxy groups -OCH3 is 2. The number of carbonyl (C=O) groups excluding carboxylic acids is 2. The van der Waals surface area contributed by atoms with Gasteiger partial charge in [-0.25, -0.2) is 14.6 Å². The Bertz CT molecular complexity index is 3270. The number of ether oxygens (including phenoxy) is 6. The standard InChI is InChI=1S/C60H57FN6O8/c1-8-60(36-72-56(68)38(2)63-58(69)75-59(3,4)5)49(73-53(45-17-13-10-14-18-45)46-25-21-40(22-26-46)42-29-33-48(71-7)34-30-42)35-50(74-60)67-37-62-52-54(65-57(61)66-55(52)67)64-51(43-15-11-9-12-16-43)44-23-19-39(20-24-44)41-27-31-47(70-6)32-28-41/h1,9-34,37-38,49-51,53H,35-36H2,2-7H3,(H,63,69)(H,64,65,66)/t38-,49-,50+,51-,53-,60+/m0/s1. The highest BCUT2D eigenvalue weighted by molar-refractivity contribution is 5.83. The van der Waals surface area contributed by atoms with Crippen LogP contribution >= 0.6 is 0 Å². The van der Waals surface area contributed by atoms with E-state index in [0.717, 1.165) is 56.0 Å². The molecule has 6 atom stereocenters. The van der Waals surface area contributed by atoms with E-state index in [0.29, 0.717) is 0 Å². The van der Waals surface area contributed by atoms with E-state index in [2.05, 4.69) is 26.5 Å².